The number of hydrogen-bond donors (Lipinski definition) is 0. The Kier molecular flexibility index (Phi) is 6.01. The lowest BCUT2D eigenvalue weighted by atomic mass is 10.2. The van der Waals surface area contributed by atoms with Crippen molar-refractivity contribution in [1.29, 1.82) is 0 Å². The van der Waals surface area contributed by atoms with Crippen LogP contribution in [-0.4, -0.2) is 18.2 Å². The number of ether oxygens (including phenoxy) is 2. The molecule has 6 nitrogen and oxygen atoms in total. The van der Waals surface area contributed by atoms with Crippen LogP contribution < -0.4 is 9.47 Å². The zero-order chi connectivity index (χ0) is 19.9. The first kappa shape index (κ1) is 19.1. The minimum atomic E-state index is -0.426. The smallest absolute Gasteiger partial charge is 0.269 e. The Labute approximate surface area is 163 Å². The van der Waals surface area contributed by atoms with Gasteiger partial charge in [0, 0.05) is 18.3 Å². The van der Waals surface area contributed by atoms with Gasteiger partial charge < -0.3 is 9.47 Å². The summed E-state index contributed by atoms with van der Waals surface area (Å²) in [4.78, 5) is 14.7. The van der Waals surface area contributed by atoms with Crippen molar-refractivity contribution in [2.75, 3.05) is 7.11 Å². The number of nitro groups is 1. The summed E-state index contributed by atoms with van der Waals surface area (Å²) >= 11 is 0. The van der Waals surface area contributed by atoms with Crippen molar-refractivity contribution in [1.82, 2.24) is 0 Å². The van der Waals surface area contributed by atoms with Crippen molar-refractivity contribution in [2.24, 2.45) is 4.99 Å². The molecular formula is C22H20N2O4. The first-order chi connectivity index (χ1) is 13.5. The summed E-state index contributed by atoms with van der Waals surface area (Å²) in [7, 11) is 1.58. The molecule has 142 valence electrons. The van der Waals surface area contributed by atoms with Crippen LogP contribution in [-0.2, 0) is 6.61 Å². The van der Waals surface area contributed by atoms with Crippen LogP contribution in [0.25, 0.3) is 0 Å². The highest BCUT2D eigenvalue weighted by molar-refractivity contribution is 5.83. The fraction of sp³-hybridized carbons (Fsp3) is 0.136. The van der Waals surface area contributed by atoms with Gasteiger partial charge >= 0.3 is 0 Å². The normalized spacial score (nSPS) is 10.8. The molecule has 3 aromatic rings. The summed E-state index contributed by atoms with van der Waals surface area (Å²) in [6.45, 7) is 2.32. The average molecular weight is 376 g/mol. The van der Waals surface area contributed by atoms with Crippen LogP contribution in [0.4, 0.5) is 11.4 Å². The van der Waals surface area contributed by atoms with Gasteiger partial charge in [0.25, 0.3) is 5.69 Å². The van der Waals surface area contributed by atoms with Gasteiger partial charge in [-0.15, -0.1) is 0 Å². The molecule has 0 aliphatic carbocycles. The van der Waals surface area contributed by atoms with Gasteiger partial charge in [0.2, 0.25) is 0 Å². The molecule has 0 amide bonds. The number of methoxy groups -OCH3 is 1. The first-order valence-corrected chi connectivity index (χ1v) is 8.70. The van der Waals surface area contributed by atoms with E-state index in [4.69, 9.17) is 9.47 Å². The number of nitrogens with zero attached hydrogens (tertiary/aromatic N) is 2. The van der Waals surface area contributed by atoms with E-state index in [-0.39, 0.29) is 12.3 Å². The molecule has 0 aliphatic heterocycles. The van der Waals surface area contributed by atoms with Gasteiger partial charge in [-0.05, 0) is 60.5 Å². The zero-order valence-electron chi connectivity index (χ0n) is 15.7. The minimum absolute atomic E-state index is 0.0542. The molecule has 3 rings (SSSR count). The van der Waals surface area contributed by atoms with Crippen LogP contribution in [0.2, 0.25) is 0 Å². The number of non-ortho nitro benzene ring substituents is 1. The highest BCUT2D eigenvalue weighted by Crippen LogP contribution is 2.29. The van der Waals surface area contributed by atoms with Crippen molar-refractivity contribution < 1.29 is 14.4 Å². The molecular weight excluding hydrogens is 356 g/mol. The van der Waals surface area contributed by atoms with Gasteiger partial charge in [0.05, 0.1) is 17.7 Å². The van der Waals surface area contributed by atoms with Crippen LogP contribution in [0.1, 0.15) is 16.7 Å². The summed E-state index contributed by atoms with van der Waals surface area (Å²) < 4.78 is 11.2. The molecule has 0 heterocycles. The number of benzene rings is 3. The van der Waals surface area contributed by atoms with Gasteiger partial charge in [-0.3, -0.25) is 15.1 Å². The van der Waals surface area contributed by atoms with E-state index in [0.717, 1.165) is 16.8 Å². The third-order valence-electron chi connectivity index (χ3n) is 4.13. The van der Waals surface area contributed by atoms with Crippen LogP contribution >= 0.6 is 0 Å². The monoisotopic (exact) mass is 376 g/mol. The molecule has 0 N–H and O–H groups in total. The van der Waals surface area contributed by atoms with E-state index in [2.05, 4.69) is 4.99 Å². The molecule has 0 aromatic heterocycles. The number of rotatable bonds is 7. The molecule has 6 heteroatoms. The summed E-state index contributed by atoms with van der Waals surface area (Å²) in [5.41, 5.74) is 3.84. The molecule has 0 spiro atoms. The highest BCUT2D eigenvalue weighted by Gasteiger charge is 2.07. The standard InChI is InChI=1S/C22H20N2O4/c1-16-3-8-19(9-4-16)23-14-18-7-12-21(22(13-18)27-2)28-15-17-5-10-20(11-6-17)24(25)26/h3-14H,15H2,1-2H3. The fourth-order valence-corrected chi connectivity index (χ4v) is 2.54. The van der Waals surface area contributed by atoms with E-state index in [1.54, 1.807) is 25.5 Å². The van der Waals surface area contributed by atoms with Crippen molar-refractivity contribution in [3.05, 3.63) is 93.5 Å². The SMILES string of the molecule is COc1cc(C=Nc2ccc(C)cc2)ccc1OCc1ccc([N+](=O)[O-])cc1. The molecule has 0 saturated heterocycles. The third-order valence-corrected chi connectivity index (χ3v) is 4.13. The summed E-state index contributed by atoms with van der Waals surface area (Å²) in [6, 6.07) is 19.8. The molecule has 0 fully saturated rings. The quantitative estimate of drug-likeness (QED) is 0.321. The molecule has 28 heavy (non-hydrogen) atoms. The van der Waals surface area contributed by atoms with E-state index in [9.17, 15) is 10.1 Å². The van der Waals surface area contributed by atoms with Gasteiger partial charge in [0.1, 0.15) is 6.61 Å². The number of hydrogen-bond acceptors (Lipinski definition) is 5. The molecule has 0 atom stereocenters. The van der Waals surface area contributed by atoms with E-state index >= 15 is 0 Å². The third kappa shape index (κ3) is 4.94. The highest BCUT2D eigenvalue weighted by atomic mass is 16.6. The predicted molar refractivity (Wildman–Crippen MR) is 109 cm³/mol. The van der Waals surface area contributed by atoms with Gasteiger partial charge in [0.15, 0.2) is 11.5 Å². The lowest BCUT2D eigenvalue weighted by molar-refractivity contribution is -0.384. The van der Waals surface area contributed by atoms with Crippen molar-refractivity contribution in [2.45, 2.75) is 13.5 Å². The van der Waals surface area contributed by atoms with Gasteiger partial charge in [-0.25, -0.2) is 0 Å². The lowest BCUT2D eigenvalue weighted by Crippen LogP contribution is -1.99. The number of nitro benzene ring substituents is 1. The van der Waals surface area contributed by atoms with Gasteiger partial charge in [-0.2, -0.15) is 0 Å². The Bertz CT molecular complexity index is 980. The molecule has 0 unspecified atom stereocenters. The van der Waals surface area contributed by atoms with E-state index in [0.29, 0.717) is 11.5 Å². The predicted octanol–water partition coefficient (Wildman–Crippen LogP) is 5.24. The second-order valence-electron chi connectivity index (χ2n) is 6.22. The Morgan fingerprint density at radius 1 is 1.00 bits per heavy atom. The van der Waals surface area contributed by atoms with Crippen LogP contribution in [0.5, 0.6) is 11.5 Å². The lowest BCUT2D eigenvalue weighted by Gasteiger charge is -2.11. The Morgan fingerprint density at radius 3 is 2.36 bits per heavy atom. The van der Waals surface area contributed by atoms with Crippen molar-refractivity contribution in [3.8, 4) is 11.5 Å². The number of aryl methyl sites for hydroxylation is 1. The second kappa shape index (κ2) is 8.81. The molecule has 0 bridgehead atoms. The zero-order valence-corrected chi connectivity index (χ0v) is 15.7. The van der Waals surface area contributed by atoms with E-state index in [1.165, 1.54) is 17.7 Å². The average Bonchev–Trinajstić information content (AvgIpc) is 2.72. The molecule has 3 aromatic carbocycles. The summed E-state index contributed by atoms with van der Waals surface area (Å²) in [5, 5.41) is 10.7. The summed E-state index contributed by atoms with van der Waals surface area (Å²) in [5.74, 6) is 1.18. The van der Waals surface area contributed by atoms with E-state index in [1.807, 2.05) is 49.4 Å². The van der Waals surface area contributed by atoms with E-state index < -0.39 is 4.92 Å². The molecule has 0 aliphatic rings. The molecule has 0 radical (unpaired) electrons. The maximum Gasteiger partial charge on any atom is 0.269 e. The minimum Gasteiger partial charge on any atom is -0.493 e. The fourth-order valence-electron chi connectivity index (χ4n) is 2.54. The molecule has 0 saturated carbocycles. The van der Waals surface area contributed by atoms with Crippen LogP contribution in [0.3, 0.4) is 0 Å². The van der Waals surface area contributed by atoms with Crippen LogP contribution in [0, 0.1) is 17.0 Å². The Morgan fingerprint density at radius 2 is 1.71 bits per heavy atom. The first-order valence-electron chi connectivity index (χ1n) is 8.70. The maximum absolute atomic E-state index is 10.7. The Balaban J connectivity index is 1.68. The van der Waals surface area contributed by atoms with Crippen LogP contribution in [0.15, 0.2) is 71.7 Å². The van der Waals surface area contributed by atoms with Crippen molar-refractivity contribution in [3.63, 3.8) is 0 Å². The topological polar surface area (TPSA) is 74.0 Å². The maximum atomic E-state index is 10.7. The van der Waals surface area contributed by atoms with Crippen molar-refractivity contribution >= 4 is 17.6 Å². The Hall–Kier alpha value is -3.67. The van der Waals surface area contributed by atoms with Gasteiger partial charge in [-0.1, -0.05) is 17.7 Å². The summed E-state index contributed by atoms with van der Waals surface area (Å²) in [6.07, 6.45) is 1.77. The number of aliphatic imine (C=N–C) groups is 1. The largest absolute Gasteiger partial charge is 0.493 e. The second-order valence-corrected chi connectivity index (χ2v) is 6.22.